The van der Waals surface area contributed by atoms with Gasteiger partial charge in [-0.1, -0.05) is 11.1 Å². The van der Waals surface area contributed by atoms with Gasteiger partial charge < -0.3 is 4.74 Å². The molecule has 1 saturated carbocycles. The highest BCUT2D eigenvalue weighted by atomic mass is 16.5. The number of ether oxygens (including phenoxy) is 1. The summed E-state index contributed by atoms with van der Waals surface area (Å²) in [5.74, 6) is -0.936. The summed E-state index contributed by atoms with van der Waals surface area (Å²) in [6, 6.07) is 0. The van der Waals surface area contributed by atoms with Gasteiger partial charge in [-0.15, -0.1) is 0 Å². The van der Waals surface area contributed by atoms with Gasteiger partial charge in [-0.2, -0.15) is 0 Å². The molecule has 1 rings (SSSR count). The van der Waals surface area contributed by atoms with E-state index < -0.39 is 11.9 Å². The normalized spacial score (nSPS) is 22.1. The topological polar surface area (TPSA) is 43.4 Å². The molecule has 3 nitrogen and oxygen atoms in total. The van der Waals surface area contributed by atoms with Gasteiger partial charge >= 0.3 is 5.97 Å². The van der Waals surface area contributed by atoms with Crippen LogP contribution in [-0.4, -0.2) is 18.9 Å². The fraction of sp³-hybridized carbons (Fsp3) is 0.636. The van der Waals surface area contributed by atoms with E-state index in [2.05, 4.69) is 4.74 Å². The van der Waals surface area contributed by atoms with Gasteiger partial charge in [-0.3, -0.25) is 9.59 Å². The lowest BCUT2D eigenvalue weighted by molar-refractivity contribution is -0.149. The van der Waals surface area contributed by atoms with E-state index in [1.54, 1.807) is 0 Å². The van der Waals surface area contributed by atoms with Gasteiger partial charge in [0, 0.05) is 6.42 Å². The second kappa shape index (κ2) is 4.40. The molecule has 0 saturated heterocycles. The Labute approximate surface area is 84.1 Å². The van der Waals surface area contributed by atoms with Crippen molar-refractivity contribution in [1.29, 1.82) is 0 Å². The minimum absolute atomic E-state index is 0.0156. The molecule has 0 heterocycles. The molecule has 0 bridgehead atoms. The van der Waals surface area contributed by atoms with Gasteiger partial charge in [0.2, 0.25) is 0 Å². The molecule has 0 aromatic rings. The summed E-state index contributed by atoms with van der Waals surface area (Å²) in [6.07, 6.45) is 1.82. The molecule has 1 aliphatic rings. The number of allylic oxidation sites excluding steroid dienone is 2. The van der Waals surface area contributed by atoms with Gasteiger partial charge in [0.15, 0.2) is 0 Å². The Hall–Kier alpha value is -1.12. The van der Waals surface area contributed by atoms with Crippen molar-refractivity contribution in [3.63, 3.8) is 0 Å². The monoisotopic (exact) mass is 196 g/mol. The summed E-state index contributed by atoms with van der Waals surface area (Å²) < 4.78 is 4.61. The Balaban J connectivity index is 2.80. The molecule has 0 aliphatic heterocycles. The Morgan fingerprint density at radius 2 is 2.00 bits per heavy atom. The molecule has 3 heteroatoms. The van der Waals surface area contributed by atoms with Crippen molar-refractivity contribution < 1.29 is 14.3 Å². The number of rotatable bonds is 1. The summed E-state index contributed by atoms with van der Waals surface area (Å²) in [7, 11) is 1.33. The van der Waals surface area contributed by atoms with E-state index in [0.29, 0.717) is 12.8 Å². The number of hydrogen-bond donors (Lipinski definition) is 0. The molecule has 1 aliphatic carbocycles. The van der Waals surface area contributed by atoms with E-state index >= 15 is 0 Å². The van der Waals surface area contributed by atoms with E-state index in [-0.39, 0.29) is 5.78 Å². The van der Waals surface area contributed by atoms with Crippen LogP contribution >= 0.6 is 0 Å². The fourth-order valence-electron chi connectivity index (χ4n) is 1.72. The molecule has 0 aromatic heterocycles. The average Bonchev–Trinajstić information content (AvgIpc) is 2.17. The van der Waals surface area contributed by atoms with Gasteiger partial charge in [0.1, 0.15) is 11.7 Å². The van der Waals surface area contributed by atoms with Crippen molar-refractivity contribution in [1.82, 2.24) is 0 Å². The zero-order chi connectivity index (χ0) is 10.7. The number of ketones is 1. The van der Waals surface area contributed by atoms with Crippen molar-refractivity contribution in [2.75, 3.05) is 7.11 Å². The predicted octanol–water partition coefficient (Wildman–Crippen LogP) is 1.86. The molecule has 14 heavy (non-hydrogen) atoms. The van der Waals surface area contributed by atoms with E-state index in [1.807, 2.05) is 13.8 Å². The summed E-state index contributed by atoms with van der Waals surface area (Å²) in [4.78, 5) is 22.7. The van der Waals surface area contributed by atoms with Gasteiger partial charge in [-0.25, -0.2) is 0 Å². The Kier molecular flexibility index (Phi) is 3.44. The van der Waals surface area contributed by atoms with Crippen LogP contribution in [0.5, 0.6) is 0 Å². The highest BCUT2D eigenvalue weighted by Crippen LogP contribution is 2.28. The van der Waals surface area contributed by atoms with Crippen molar-refractivity contribution >= 4 is 11.8 Å². The average molecular weight is 196 g/mol. The second-order valence-corrected chi connectivity index (χ2v) is 3.85. The van der Waals surface area contributed by atoms with Crippen LogP contribution in [0.15, 0.2) is 11.1 Å². The van der Waals surface area contributed by atoms with E-state index in [0.717, 1.165) is 6.42 Å². The maximum atomic E-state index is 11.4. The Bertz CT molecular complexity index is 277. The number of methoxy groups -OCH3 is 1. The van der Waals surface area contributed by atoms with Crippen LogP contribution in [0.25, 0.3) is 0 Å². The van der Waals surface area contributed by atoms with Crippen LogP contribution in [0.3, 0.4) is 0 Å². The zero-order valence-electron chi connectivity index (χ0n) is 8.92. The summed E-state index contributed by atoms with van der Waals surface area (Å²) in [5, 5.41) is 0. The molecule has 1 atom stereocenters. The molecule has 78 valence electrons. The molecule has 1 fully saturated rings. The molecular weight excluding hydrogens is 180 g/mol. The first-order valence-corrected chi connectivity index (χ1v) is 4.82. The van der Waals surface area contributed by atoms with Crippen molar-refractivity contribution in [3.8, 4) is 0 Å². The Morgan fingerprint density at radius 1 is 1.36 bits per heavy atom. The predicted molar refractivity (Wildman–Crippen MR) is 52.7 cm³/mol. The highest BCUT2D eigenvalue weighted by molar-refractivity contribution is 6.00. The third-order valence-electron chi connectivity index (χ3n) is 2.71. The lowest BCUT2D eigenvalue weighted by Crippen LogP contribution is -2.29. The minimum atomic E-state index is -0.557. The minimum Gasteiger partial charge on any atom is -0.468 e. The first kappa shape index (κ1) is 11.0. The number of hydrogen-bond acceptors (Lipinski definition) is 3. The van der Waals surface area contributed by atoms with Gasteiger partial charge in [0.25, 0.3) is 0 Å². The second-order valence-electron chi connectivity index (χ2n) is 3.85. The van der Waals surface area contributed by atoms with Crippen LogP contribution in [0.1, 0.15) is 33.1 Å². The quantitative estimate of drug-likeness (QED) is 0.365. The lowest BCUT2D eigenvalue weighted by atomic mass is 9.83. The van der Waals surface area contributed by atoms with E-state index in [1.165, 1.54) is 18.3 Å². The number of esters is 1. The van der Waals surface area contributed by atoms with Crippen LogP contribution in [0.2, 0.25) is 0 Å². The summed E-state index contributed by atoms with van der Waals surface area (Å²) >= 11 is 0. The van der Waals surface area contributed by atoms with Crippen LogP contribution < -0.4 is 0 Å². The van der Waals surface area contributed by atoms with Crippen molar-refractivity contribution in [2.45, 2.75) is 33.1 Å². The zero-order valence-corrected chi connectivity index (χ0v) is 8.92. The number of carbonyl (C=O) groups excluding carboxylic acids is 2. The number of carbonyl (C=O) groups is 2. The van der Waals surface area contributed by atoms with Crippen molar-refractivity contribution in [2.24, 2.45) is 5.92 Å². The van der Waals surface area contributed by atoms with E-state index in [4.69, 9.17) is 0 Å². The smallest absolute Gasteiger partial charge is 0.316 e. The standard InChI is InChI=1S/C11H16O3/c1-7(2)8-4-5-10(12)9(6-8)11(13)14-3/h9H,4-6H2,1-3H3/t9-/m1/s1. The molecule has 0 N–H and O–H groups in total. The van der Waals surface area contributed by atoms with Crippen LogP contribution in [-0.2, 0) is 14.3 Å². The lowest BCUT2D eigenvalue weighted by Gasteiger charge is -2.22. The maximum absolute atomic E-state index is 11.4. The third-order valence-corrected chi connectivity index (χ3v) is 2.71. The first-order chi connectivity index (χ1) is 6.56. The number of Topliss-reactive ketones (excluding diaryl/α,β-unsaturated/α-hetero) is 1. The SMILES string of the molecule is COC(=O)[C@@H]1CC(=C(C)C)CCC1=O. The van der Waals surface area contributed by atoms with Gasteiger partial charge in [-0.05, 0) is 26.7 Å². The molecular formula is C11H16O3. The van der Waals surface area contributed by atoms with E-state index in [9.17, 15) is 9.59 Å². The summed E-state index contributed by atoms with van der Waals surface area (Å²) in [6.45, 7) is 4.03. The molecule has 0 aromatic carbocycles. The molecule has 0 radical (unpaired) electrons. The van der Waals surface area contributed by atoms with Crippen LogP contribution in [0.4, 0.5) is 0 Å². The molecule has 0 unspecified atom stereocenters. The van der Waals surface area contributed by atoms with Crippen molar-refractivity contribution in [3.05, 3.63) is 11.1 Å². The summed E-state index contributed by atoms with van der Waals surface area (Å²) in [5.41, 5.74) is 2.44. The molecule has 0 spiro atoms. The van der Waals surface area contributed by atoms with Gasteiger partial charge in [0.05, 0.1) is 7.11 Å². The molecule has 0 amide bonds. The highest BCUT2D eigenvalue weighted by Gasteiger charge is 2.32. The fourth-order valence-corrected chi connectivity index (χ4v) is 1.72. The first-order valence-electron chi connectivity index (χ1n) is 4.82. The Morgan fingerprint density at radius 3 is 2.50 bits per heavy atom. The van der Waals surface area contributed by atoms with Crippen LogP contribution in [0, 0.1) is 5.92 Å². The third kappa shape index (κ3) is 2.22. The largest absolute Gasteiger partial charge is 0.468 e. The maximum Gasteiger partial charge on any atom is 0.316 e.